The Hall–Kier alpha value is -3.11. The standard InChI is InChI=1S/C14H19ClN2O4.C10H13ClN2O2/c1-5-20-12(18)9-17(13(19)21-14(2,3)4)10-6-7-16-11(15)8-10;1-10(2,3)15-9(14)13-7-4-5-12-8(11)6-7/h6-8H,5,9H2,1-4H3;4-6H,1-3H3,(H,12,13,14). The topological polar surface area (TPSA) is 120 Å². The van der Waals surface area contributed by atoms with Crippen molar-refractivity contribution < 1.29 is 28.6 Å². The number of aromatic nitrogens is 2. The fourth-order valence-corrected chi connectivity index (χ4v) is 2.72. The Bertz CT molecular complexity index is 1040. The van der Waals surface area contributed by atoms with E-state index in [1.165, 1.54) is 18.5 Å². The van der Waals surface area contributed by atoms with Crippen LogP contribution in [0, 0.1) is 0 Å². The monoisotopic (exact) mass is 542 g/mol. The van der Waals surface area contributed by atoms with Crippen LogP contribution in [0.1, 0.15) is 48.5 Å². The molecule has 0 aliphatic heterocycles. The number of hydrogen-bond donors (Lipinski definition) is 1. The molecule has 1 N–H and O–H groups in total. The predicted octanol–water partition coefficient (Wildman–Crippen LogP) is 6.12. The van der Waals surface area contributed by atoms with Gasteiger partial charge in [0.1, 0.15) is 28.1 Å². The Morgan fingerprint density at radius 3 is 1.97 bits per heavy atom. The summed E-state index contributed by atoms with van der Waals surface area (Å²) in [5, 5.41) is 3.09. The number of amides is 2. The molecule has 12 heteroatoms. The van der Waals surface area contributed by atoms with E-state index in [0.717, 1.165) is 4.90 Å². The molecule has 2 rings (SSSR count). The Balaban J connectivity index is 0.000000381. The van der Waals surface area contributed by atoms with Gasteiger partial charge in [-0.25, -0.2) is 19.6 Å². The maximum atomic E-state index is 12.2. The Morgan fingerprint density at radius 1 is 0.917 bits per heavy atom. The van der Waals surface area contributed by atoms with Crippen molar-refractivity contribution in [1.82, 2.24) is 9.97 Å². The molecular weight excluding hydrogens is 511 g/mol. The fraction of sp³-hybridized carbons (Fsp3) is 0.458. The van der Waals surface area contributed by atoms with Crippen molar-refractivity contribution >= 4 is 52.7 Å². The van der Waals surface area contributed by atoms with Gasteiger partial charge in [-0.05, 0) is 72.7 Å². The minimum atomic E-state index is -0.680. The molecule has 198 valence electrons. The van der Waals surface area contributed by atoms with Crippen LogP contribution in [0.5, 0.6) is 0 Å². The van der Waals surface area contributed by atoms with Crippen molar-refractivity contribution in [1.29, 1.82) is 0 Å². The van der Waals surface area contributed by atoms with Crippen molar-refractivity contribution in [2.45, 2.75) is 59.7 Å². The van der Waals surface area contributed by atoms with E-state index in [1.807, 2.05) is 0 Å². The Labute approximate surface area is 221 Å². The molecule has 0 bridgehead atoms. The molecule has 0 fully saturated rings. The van der Waals surface area contributed by atoms with Crippen LogP contribution in [0.4, 0.5) is 21.0 Å². The number of nitrogens with one attached hydrogen (secondary N) is 1. The van der Waals surface area contributed by atoms with Gasteiger partial charge in [0, 0.05) is 18.1 Å². The molecule has 0 atom stereocenters. The summed E-state index contributed by atoms with van der Waals surface area (Å²) in [6.07, 6.45) is 1.79. The summed E-state index contributed by atoms with van der Waals surface area (Å²) in [6, 6.07) is 6.22. The smallest absolute Gasteiger partial charge is 0.415 e. The van der Waals surface area contributed by atoms with Gasteiger partial charge in [-0.2, -0.15) is 0 Å². The second-order valence-electron chi connectivity index (χ2n) is 9.20. The zero-order valence-electron chi connectivity index (χ0n) is 21.4. The molecule has 0 spiro atoms. The highest BCUT2D eigenvalue weighted by atomic mass is 35.5. The lowest BCUT2D eigenvalue weighted by molar-refractivity contribution is -0.141. The first kappa shape index (κ1) is 30.9. The number of carbonyl (C=O) groups is 3. The van der Waals surface area contributed by atoms with Gasteiger partial charge in [0.05, 0.1) is 12.3 Å². The van der Waals surface area contributed by atoms with Gasteiger partial charge < -0.3 is 14.2 Å². The molecule has 2 aromatic rings. The van der Waals surface area contributed by atoms with Gasteiger partial charge in [-0.3, -0.25) is 15.0 Å². The highest BCUT2D eigenvalue weighted by Crippen LogP contribution is 2.20. The maximum Gasteiger partial charge on any atom is 0.415 e. The van der Waals surface area contributed by atoms with Crippen molar-refractivity contribution in [3.8, 4) is 0 Å². The minimum Gasteiger partial charge on any atom is -0.465 e. The zero-order chi connectivity index (χ0) is 27.5. The number of halogens is 2. The van der Waals surface area contributed by atoms with Crippen LogP contribution in [0.15, 0.2) is 36.7 Å². The quantitative estimate of drug-likeness (QED) is 0.272. The van der Waals surface area contributed by atoms with Crippen molar-refractivity contribution in [3.05, 3.63) is 47.0 Å². The zero-order valence-corrected chi connectivity index (χ0v) is 22.9. The summed E-state index contributed by atoms with van der Waals surface area (Å²) in [6.45, 7) is 12.3. The SMILES string of the molecule is CC(C)(C)OC(=O)Nc1ccnc(Cl)c1.CCOC(=O)CN(C(=O)OC(C)(C)C)c1ccnc(Cl)c1. The fourth-order valence-electron chi connectivity index (χ4n) is 2.38. The average Bonchev–Trinajstić information content (AvgIpc) is 2.70. The summed E-state index contributed by atoms with van der Waals surface area (Å²) in [7, 11) is 0. The van der Waals surface area contributed by atoms with E-state index >= 15 is 0 Å². The van der Waals surface area contributed by atoms with E-state index in [-0.39, 0.29) is 18.3 Å². The molecule has 0 aliphatic rings. The third-order valence-corrected chi connectivity index (χ3v) is 4.01. The summed E-state index contributed by atoms with van der Waals surface area (Å²) in [5.41, 5.74) is -0.219. The highest BCUT2D eigenvalue weighted by molar-refractivity contribution is 6.30. The lowest BCUT2D eigenvalue weighted by atomic mass is 10.2. The number of anilines is 2. The summed E-state index contributed by atoms with van der Waals surface area (Å²) in [4.78, 5) is 44.0. The van der Waals surface area contributed by atoms with Crippen molar-refractivity contribution in [2.75, 3.05) is 23.4 Å². The first-order chi connectivity index (χ1) is 16.6. The number of pyridine rings is 2. The molecule has 36 heavy (non-hydrogen) atoms. The highest BCUT2D eigenvalue weighted by Gasteiger charge is 2.26. The molecule has 0 radical (unpaired) electrons. The van der Waals surface area contributed by atoms with E-state index in [9.17, 15) is 14.4 Å². The van der Waals surface area contributed by atoms with Crippen LogP contribution >= 0.6 is 23.2 Å². The Kier molecular flexibility index (Phi) is 11.9. The number of rotatable bonds is 5. The van der Waals surface area contributed by atoms with Crippen molar-refractivity contribution in [2.24, 2.45) is 0 Å². The molecule has 0 unspecified atom stereocenters. The molecule has 0 aromatic carbocycles. The van der Waals surface area contributed by atoms with Gasteiger partial charge in [0.15, 0.2) is 0 Å². The van der Waals surface area contributed by atoms with Crippen LogP contribution in [-0.2, 0) is 19.0 Å². The molecule has 2 amide bonds. The number of carbonyl (C=O) groups excluding carboxylic acids is 3. The van der Waals surface area contributed by atoms with Gasteiger partial charge in [-0.1, -0.05) is 23.2 Å². The second-order valence-corrected chi connectivity index (χ2v) is 9.98. The van der Waals surface area contributed by atoms with E-state index in [0.29, 0.717) is 16.5 Å². The maximum absolute atomic E-state index is 12.2. The third-order valence-electron chi connectivity index (χ3n) is 3.60. The second kappa shape index (κ2) is 13.8. The largest absolute Gasteiger partial charge is 0.465 e. The lowest BCUT2D eigenvalue weighted by Crippen LogP contribution is -2.40. The molecule has 0 saturated heterocycles. The summed E-state index contributed by atoms with van der Waals surface area (Å²) in [5.74, 6) is -0.531. The number of esters is 1. The molecule has 0 saturated carbocycles. The van der Waals surface area contributed by atoms with Crippen molar-refractivity contribution in [3.63, 3.8) is 0 Å². The minimum absolute atomic E-state index is 0.213. The van der Waals surface area contributed by atoms with Crippen LogP contribution < -0.4 is 10.2 Å². The third kappa shape index (κ3) is 13.1. The van der Waals surface area contributed by atoms with Gasteiger partial charge in [0.25, 0.3) is 0 Å². The van der Waals surface area contributed by atoms with E-state index in [2.05, 4.69) is 15.3 Å². The van der Waals surface area contributed by atoms with Crippen LogP contribution in [0.25, 0.3) is 0 Å². The number of nitrogens with zero attached hydrogens (tertiary/aromatic N) is 3. The lowest BCUT2D eigenvalue weighted by Gasteiger charge is -2.26. The van der Waals surface area contributed by atoms with E-state index < -0.39 is 29.4 Å². The summed E-state index contributed by atoms with van der Waals surface area (Å²) < 4.78 is 15.2. The first-order valence-electron chi connectivity index (χ1n) is 11.0. The Morgan fingerprint density at radius 2 is 1.47 bits per heavy atom. The molecular formula is C24H32Cl2N4O6. The average molecular weight is 543 g/mol. The molecule has 2 aromatic heterocycles. The number of ether oxygens (including phenoxy) is 3. The van der Waals surface area contributed by atoms with Gasteiger partial charge in [-0.15, -0.1) is 0 Å². The first-order valence-corrected chi connectivity index (χ1v) is 11.7. The van der Waals surface area contributed by atoms with E-state index in [4.69, 9.17) is 37.4 Å². The summed E-state index contributed by atoms with van der Waals surface area (Å²) >= 11 is 11.5. The van der Waals surface area contributed by atoms with Crippen LogP contribution in [0.3, 0.4) is 0 Å². The predicted molar refractivity (Wildman–Crippen MR) is 139 cm³/mol. The van der Waals surface area contributed by atoms with Gasteiger partial charge in [0.2, 0.25) is 0 Å². The van der Waals surface area contributed by atoms with E-state index in [1.54, 1.807) is 66.7 Å². The number of hydrogen-bond acceptors (Lipinski definition) is 8. The molecule has 2 heterocycles. The molecule has 0 aliphatic carbocycles. The van der Waals surface area contributed by atoms with Gasteiger partial charge >= 0.3 is 18.2 Å². The van der Waals surface area contributed by atoms with Crippen LogP contribution in [0.2, 0.25) is 10.3 Å². The van der Waals surface area contributed by atoms with Crippen LogP contribution in [-0.4, -0.2) is 52.5 Å². The normalized spacial score (nSPS) is 10.9. The molecule has 10 nitrogen and oxygen atoms in total.